The summed E-state index contributed by atoms with van der Waals surface area (Å²) in [5.41, 5.74) is 7.47. The number of carbonyl (C=O) groups is 1. The van der Waals surface area contributed by atoms with E-state index in [4.69, 9.17) is 10.5 Å². The van der Waals surface area contributed by atoms with Gasteiger partial charge >= 0.3 is 0 Å². The van der Waals surface area contributed by atoms with Crippen molar-refractivity contribution in [1.82, 2.24) is 15.3 Å². The fraction of sp³-hybridized carbons (Fsp3) is 0.286. The molecular weight excluding hydrogens is 256 g/mol. The molecule has 1 aromatic carbocycles. The smallest absolute Gasteiger partial charge is 0.257 e. The van der Waals surface area contributed by atoms with Gasteiger partial charge in [-0.2, -0.15) is 0 Å². The molecule has 0 spiro atoms. The molecule has 0 aliphatic heterocycles. The van der Waals surface area contributed by atoms with E-state index in [1.807, 2.05) is 18.2 Å². The van der Waals surface area contributed by atoms with Gasteiger partial charge in [-0.1, -0.05) is 18.2 Å². The summed E-state index contributed by atoms with van der Waals surface area (Å²) in [5, 5.41) is 2.79. The Kier molecular flexibility index (Phi) is 5.14. The molecule has 1 aromatic heterocycles. The van der Waals surface area contributed by atoms with Gasteiger partial charge in [-0.05, 0) is 6.07 Å². The van der Waals surface area contributed by atoms with Crippen LogP contribution in [0.25, 0.3) is 0 Å². The van der Waals surface area contributed by atoms with Crippen molar-refractivity contribution in [3.05, 3.63) is 48.0 Å². The van der Waals surface area contributed by atoms with Crippen LogP contribution >= 0.6 is 0 Å². The molecule has 6 nitrogen and oxygen atoms in total. The average Bonchev–Trinajstić information content (AvgIpc) is 2.98. The molecular formula is C14H18N4O2. The lowest BCUT2D eigenvalue weighted by Crippen LogP contribution is -2.30. The summed E-state index contributed by atoms with van der Waals surface area (Å²) in [6.45, 7) is 0.917. The van der Waals surface area contributed by atoms with Crippen molar-refractivity contribution < 1.29 is 9.53 Å². The minimum atomic E-state index is -0.156. The number of ether oxygens (including phenoxy) is 1. The van der Waals surface area contributed by atoms with E-state index in [0.717, 1.165) is 11.3 Å². The molecule has 0 radical (unpaired) electrons. The number of benzene rings is 1. The molecule has 0 aliphatic carbocycles. The van der Waals surface area contributed by atoms with Gasteiger partial charge in [0.1, 0.15) is 5.75 Å². The van der Waals surface area contributed by atoms with E-state index in [2.05, 4.69) is 15.3 Å². The second kappa shape index (κ2) is 7.30. The van der Waals surface area contributed by atoms with Crippen LogP contribution in [0.4, 0.5) is 0 Å². The zero-order valence-corrected chi connectivity index (χ0v) is 11.1. The van der Waals surface area contributed by atoms with Crippen molar-refractivity contribution in [2.24, 2.45) is 5.73 Å². The first-order valence-corrected chi connectivity index (χ1v) is 6.44. The van der Waals surface area contributed by atoms with Gasteiger partial charge in [0.05, 0.1) is 6.33 Å². The van der Waals surface area contributed by atoms with Crippen LogP contribution in [0, 0.1) is 0 Å². The fourth-order valence-corrected chi connectivity index (χ4v) is 1.77. The normalized spacial score (nSPS) is 10.2. The van der Waals surface area contributed by atoms with E-state index in [1.54, 1.807) is 18.6 Å². The van der Waals surface area contributed by atoms with E-state index in [9.17, 15) is 4.79 Å². The summed E-state index contributed by atoms with van der Waals surface area (Å²) >= 11 is 0. The highest BCUT2D eigenvalue weighted by atomic mass is 16.5. The Balaban J connectivity index is 1.72. The lowest BCUT2D eigenvalue weighted by atomic mass is 10.2. The number of para-hydroxylation sites is 1. The summed E-state index contributed by atoms with van der Waals surface area (Å²) in [7, 11) is 0. The zero-order chi connectivity index (χ0) is 14.2. The first-order chi connectivity index (χ1) is 9.79. The van der Waals surface area contributed by atoms with Crippen molar-refractivity contribution >= 4 is 5.91 Å². The first kappa shape index (κ1) is 14.1. The number of nitrogens with one attached hydrogen (secondary N) is 2. The number of H-pyrrole nitrogens is 1. The highest BCUT2D eigenvalue weighted by Crippen LogP contribution is 2.16. The molecule has 0 aliphatic rings. The summed E-state index contributed by atoms with van der Waals surface area (Å²) in [5.74, 6) is 0.495. The molecule has 0 unspecified atom stereocenters. The van der Waals surface area contributed by atoms with Gasteiger partial charge < -0.3 is 20.8 Å². The topological polar surface area (TPSA) is 93.0 Å². The summed E-state index contributed by atoms with van der Waals surface area (Å²) in [6.07, 6.45) is 4.06. The van der Waals surface area contributed by atoms with Gasteiger partial charge in [0.25, 0.3) is 5.91 Å². The number of hydrogen-bond acceptors (Lipinski definition) is 4. The van der Waals surface area contributed by atoms with Crippen LogP contribution in [-0.2, 0) is 17.8 Å². The minimum Gasteiger partial charge on any atom is -0.483 e. The van der Waals surface area contributed by atoms with Gasteiger partial charge in [-0.25, -0.2) is 4.98 Å². The second-order valence-corrected chi connectivity index (χ2v) is 4.28. The zero-order valence-electron chi connectivity index (χ0n) is 11.1. The van der Waals surface area contributed by atoms with Gasteiger partial charge in [0.2, 0.25) is 0 Å². The minimum absolute atomic E-state index is 0.0139. The quantitative estimate of drug-likeness (QED) is 0.689. The highest BCUT2D eigenvalue weighted by Gasteiger charge is 2.05. The molecule has 106 valence electrons. The van der Waals surface area contributed by atoms with Crippen molar-refractivity contribution in [2.75, 3.05) is 13.2 Å². The number of carbonyl (C=O) groups excluding carboxylic acids is 1. The maximum absolute atomic E-state index is 11.7. The van der Waals surface area contributed by atoms with Crippen LogP contribution in [0.15, 0.2) is 36.8 Å². The number of aromatic nitrogens is 2. The predicted octanol–water partition coefficient (Wildman–Crippen LogP) is 0.606. The Morgan fingerprint density at radius 1 is 1.40 bits per heavy atom. The molecule has 6 heteroatoms. The van der Waals surface area contributed by atoms with Crippen LogP contribution in [0.2, 0.25) is 0 Å². The third-order valence-electron chi connectivity index (χ3n) is 2.82. The van der Waals surface area contributed by atoms with E-state index >= 15 is 0 Å². The molecule has 4 N–H and O–H groups in total. The van der Waals surface area contributed by atoms with Gasteiger partial charge in [0.15, 0.2) is 6.61 Å². The number of nitrogens with two attached hydrogens (primary N) is 1. The van der Waals surface area contributed by atoms with Crippen molar-refractivity contribution in [2.45, 2.75) is 13.0 Å². The third-order valence-corrected chi connectivity index (χ3v) is 2.82. The van der Waals surface area contributed by atoms with E-state index in [0.29, 0.717) is 25.3 Å². The molecule has 0 saturated carbocycles. The molecule has 20 heavy (non-hydrogen) atoms. The molecule has 0 atom stereocenters. The number of aromatic amines is 1. The number of rotatable bonds is 7. The summed E-state index contributed by atoms with van der Waals surface area (Å²) in [6, 6.07) is 7.43. The molecule has 2 rings (SSSR count). The summed E-state index contributed by atoms with van der Waals surface area (Å²) in [4.78, 5) is 18.5. The van der Waals surface area contributed by atoms with E-state index in [-0.39, 0.29) is 12.5 Å². The lowest BCUT2D eigenvalue weighted by molar-refractivity contribution is -0.123. The Hall–Kier alpha value is -2.34. The number of imidazole rings is 1. The fourth-order valence-electron chi connectivity index (χ4n) is 1.77. The summed E-state index contributed by atoms with van der Waals surface area (Å²) < 4.78 is 5.47. The molecule has 0 fully saturated rings. The average molecular weight is 274 g/mol. The maximum Gasteiger partial charge on any atom is 0.257 e. The van der Waals surface area contributed by atoms with Crippen LogP contribution in [0.5, 0.6) is 5.75 Å². The Morgan fingerprint density at radius 3 is 3.00 bits per heavy atom. The van der Waals surface area contributed by atoms with Gasteiger partial charge in [-0.3, -0.25) is 4.79 Å². The standard InChI is InChI=1S/C14H18N4O2/c15-7-11-3-1-2-4-13(11)20-9-14(19)17-6-5-12-8-16-10-18-12/h1-4,8,10H,5-7,9,15H2,(H,16,18)(H,17,19). The number of hydrogen-bond donors (Lipinski definition) is 3. The maximum atomic E-state index is 11.7. The molecule has 1 amide bonds. The van der Waals surface area contributed by atoms with Crippen LogP contribution in [0.1, 0.15) is 11.3 Å². The van der Waals surface area contributed by atoms with Gasteiger partial charge in [-0.15, -0.1) is 0 Å². The predicted molar refractivity (Wildman–Crippen MR) is 75.1 cm³/mol. The van der Waals surface area contributed by atoms with Crippen LogP contribution in [0.3, 0.4) is 0 Å². The van der Waals surface area contributed by atoms with Crippen LogP contribution < -0.4 is 15.8 Å². The van der Waals surface area contributed by atoms with E-state index in [1.165, 1.54) is 0 Å². The Labute approximate surface area is 117 Å². The lowest BCUT2D eigenvalue weighted by Gasteiger charge is -2.10. The molecule has 1 heterocycles. The number of amides is 1. The van der Waals surface area contributed by atoms with Crippen LogP contribution in [-0.4, -0.2) is 29.0 Å². The van der Waals surface area contributed by atoms with Crippen molar-refractivity contribution in [3.8, 4) is 5.75 Å². The second-order valence-electron chi connectivity index (χ2n) is 4.28. The SMILES string of the molecule is NCc1ccccc1OCC(=O)NCCc1cnc[nH]1. The highest BCUT2D eigenvalue weighted by molar-refractivity contribution is 5.77. The Morgan fingerprint density at radius 2 is 2.25 bits per heavy atom. The number of nitrogens with zero attached hydrogens (tertiary/aromatic N) is 1. The van der Waals surface area contributed by atoms with Crippen molar-refractivity contribution in [1.29, 1.82) is 0 Å². The molecule has 2 aromatic rings. The van der Waals surface area contributed by atoms with Crippen molar-refractivity contribution in [3.63, 3.8) is 0 Å². The Bertz CT molecular complexity index is 540. The first-order valence-electron chi connectivity index (χ1n) is 6.44. The van der Waals surface area contributed by atoms with Gasteiger partial charge in [0, 0.05) is 37.0 Å². The largest absolute Gasteiger partial charge is 0.483 e. The molecule has 0 saturated heterocycles. The third kappa shape index (κ3) is 4.10. The molecule has 0 bridgehead atoms. The monoisotopic (exact) mass is 274 g/mol. The van der Waals surface area contributed by atoms with E-state index < -0.39 is 0 Å².